The summed E-state index contributed by atoms with van der Waals surface area (Å²) in [4.78, 5) is 15.8. The molecule has 23 heavy (non-hydrogen) atoms. The van der Waals surface area contributed by atoms with Gasteiger partial charge in [-0.15, -0.1) is 0 Å². The van der Waals surface area contributed by atoms with Crippen molar-refractivity contribution in [2.75, 3.05) is 20.1 Å². The van der Waals surface area contributed by atoms with Crippen molar-refractivity contribution in [2.24, 2.45) is 4.99 Å². The van der Waals surface area contributed by atoms with Crippen LogP contribution in [0.25, 0.3) is 0 Å². The van der Waals surface area contributed by atoms with Gasteiger partial charge < -0.3 is 16.0 Å². The Hall–Kier alpha value is -2.11. The van der Waals surface area contributed by atoms with Crippen LogP contribution in [0.3, 0.4) is 0 Å². The molecule has 128 valence electrons. The molecule has 1 aromatic carbocycles. The number of hydrogen-bond acceptors (Lipinski definition) is 2. The molecule has 0 aliphatic heterocycles. The summed E-state index contributed by atoms with van der Waals surface area (Å²) in [5, 5.41) is 8.98. The summed E-state index contributed by atoms with van der Waals surface area (Å²) in [5.74, 6) is 0.284. The summed E-state index contributed by atoms with van der Waals surface area (Å²) in [6.45, 7) is 6.66. The van der Waals surface area contributed by atoms with E-state index in [0.717, 1.165) is 18.4 Å². The van der Waals surface area contributed by atoms with Crippen LogP contribution in [0, 0.1) is 5.82 Å². The van der Waals surface area contributed by atoms with Crippen molar-refractivity contribution in [3.8, 4) is 0 Å². The van der Waals surface area contributed by atoms with Crippen molar-refractivity contribution in [3.63, 3.8) is 0 Å². The molecule has 1 aromatic rings. The third-order valence-electron chi connectivity index (χ3n) is 2.98. The van der Waals surface area contributed by atoms with E-state index in [-0.39, 0.29) is 23.8 Å². The number of amides is 1. The number of rotatable bonds is 6. The molecule has 0 saturated carbocycles. The van der Waals surface area contributed by atoms with E-state index >= 15 is 0 Å². The quantitative estimate of drug-likeness (QED) is 0.425. The molecular formula is C17H27FN4O. The van der Waals surface area contributed by atoms with Crippen LogP contribution in [-0.4, -0.2) is 37.5 Å². The van der Waals surface area contributed by atoms with E-state index in [9.17, 15) is 9.18 Å². The van der Waals surface area contributed by atoms with Gasteiger partial charge in [-0.1, -0.05) is 12.1 Å². The predicted molar refractivity (Wildman–Crippen MR) is 92.0 cm³/mol. The number of nitrogens with zero attached hydrogens (tertiary/aromatic N) is 1. The molecule has 0 heterocycles. The average Bonchev–Trinajstić information content (AvgIpc) is 2.45. The Bertz CT molecular complexity index is 538. The number of guanidine groups is 1. The average molecular weight is 322 g/mol. The molecule has 0 radical (unpaired) electrons. The summed E-state index contributed by atoms with van der Waals surface area (Å²) in [7, 11) is 1.66. The monoisotopic (exact) mass is 322 g/mol. The topological polar surface area (TPSA) is 65.5 Å². The number of carbonyl (C=O) groups is 1. The Morgan fingerprint density at radius 1 is 1.26 bits per heavy atom. The van der Waals surface area contributed by atoms with Gasteiger partial charge in [-0.3, -0.25) is 9.79 Å². The minimum Gasteiger partial charge on any atom is -0.356 e. The molecule has 6 heteroatoms. The van der Waals surface area contributed by atoms with Crippen LogP contribution >= 0.6 is 0 Å². The van der Waals surface area contributed by atoms with E-state index in [0.29, 0.717) is 12.5 Å². The van der Waals surface area contributed by atoms with E-state index in [1.54, 1.807) is 19.2 Å². The van der Waals surface area contributed by atoms with Crippen LogP contribution in [0.2, 0.25) is 0 Å². The Balaban J connectivity index is 2.25. The number of carbonyl (C=O) groups excluding carboxylic acids is 1. The second-order valence-corrected chi connectivity index (χ2v) is 6.38. The van der Waals surface area contributed by atoms with Crippen molar-refractivity contribution >= 4 is 11.9 Å². The molecule has 0 bridgehead atoms. The first-order chi connectivity index (χ1) is 10.8. The lowest BCUT2D eigenvalue weighted by atomic mass is 10.1. The number of halogens is 1. The number of aliphatic imine (C=N–C) groups is 1. The fourth-order valence-corrected chi connectivity index (χ4v) is 2.04. The van der Waals surface area contributed by atoms with E-state index in [4.69, 9.17) is 0 Å². The van der Waals surface area contributed by atoms with Crippen molar-refractivity contribution < 1.29 is 9.18 Å². The highest BCUT2D eigenvalue weighted by Gasteiger charge is 2.13. The zero-order valence-electron chi connectivity index (χ0n) is 14.4. The molecule has 0 spiro atoms. The van der Waals surface area contributed by atoms with Gasteiger partial charge in [0.1, 0.15) is 5.82 Å². The van der Waals surface area contributed by atoms with E-state index in [2.05, 4.69) is 20.9 Å². The first kappa shape index (κ1) is 18.9. The molecule has 1 rings (SSSR count). The minimum atomic E-state index is -0.249. The van der Waals surface area contributed by atoms with Crippen molar-refractivity contribution in [2.45, 2.75) is 39.2 Å². The van der Waals surface area contributed by atoms with Gasteiger partial charge in [-0.2, -0.15) is 0 Å². The highest BCUT2D eigenvalue weighted by atomic mass is 19.1. The molecule has 0 fully saturated rings. The van der Waals surface area contributed by atoms with Crippen LogP contribution in [0.1, 0.15) is 32.8 Å². The van der Waals surface area contributed by atoms with Gasteiger partial charge in [0.15, 0.2) is 5.96 Å². The Morgan fingerprint density at radius 3 is 2.61 bits per heavy atom. The molecular weight excluding hydrogens is 295 g/mol. The number of nitrogens with one attached hydrogen (secondary N) is 3. The summed E-state index contributed by atoms with van der Waals surface area (Å²) in [6, 6.07) is 6.61. The Kier molecular flexibility index (Phi) is 7.51. The lowest BCUT2D eigenvalue weighted by molar-refractivity contribution is -0.121. The summed E-state index contributed by atoms with van der Waals surface area (Å²) < 4.78 is 13.1. The zero-order chi connectivity index (χ0) is 17.3. The fourth-order valence-electron chi connectivity index (χ4n) is 2.04. The highest BCUT2D eigenvalue weighted by molar-refractivity contribution is 5.86. The molecule has 0 atom stereocenters. The van der Waals surface area contributed by atoms with Gasteiger partial charge in [0.05, 0.1) is 6.54 Å². The second-order valence-electron chi connectivity index (χ2n) is 6.38. The van der Waals surface area contributed by atoms with Gasteiger partial charge in [-0.25, -0.2) is 4.39 Å². The number of benzene rings is 1. The Labute approximate surface area is 137 Å². The SMILES string of the molecule is CN=C(NCCCc1cccc(F)c1)NCC(=O)NC(C)(C)C. The summed E-state index contributed by atoms with van der Waals surface area (Å²) >= 11 is 0. The van der Waals surface area contributed by atoms with E-state index in [1.807, 2.05) is 26.8 Å². The largest absolute Gasteiger partial charge is 0.356 e. The van der Waals surface area contributed by atoms with Gasteiger partial charge in [0.25, 0.3) is 0 Å². The summed E-state index contributed by atoms with van der Waals surface area (Å²) in [6.07, 6.45) is 1.63. The van der Waals surface area contributed by atoms with E-state index < -0.39 is 0 Å². The zero-order valence-corrected chi connectivity index (χ0v) is 14.4. The minimum absolute atomic E-state index is 0.0831. The smallest absolute Gasteiger partial charge is 0.239 e. The fraction of sp³-hybridized carbons (Fsp3) is 0.529. The first-order valence-electron chi connectivity index (χ1n) is 7.80. The highest BCUT2D eigenvalue weighted by Crippen LogP contribution is 2.05. The van der Waals surface area contributed by atoms with Crippen LogP contribution in [0.5, 0.6) is 0 Å². The molecule has 0 aliphatic carbocycles. The van der Waals surface area contributed by atoms with Crippen LogP contribution in [-0.2, 0) is 11.2 Å². The standard InChI is InChI=1S/C17H27FN4O/c1-17(2,3)22-15(23)12-21-16(19-4)20-10-6-8-13-7-5-9-14(18)11-13/h5,7,9,11H,6,8,10,12H2,1-4H3,(H,22,23)(H2,19,20,21). The molecule has 5 nitrogen and oxygen atoms in total. The molecule has 0 aliphatic rings. The van der Waals surface area contributed by atoms with Gasteiger partial charge in [-0.05, 0) is 51.3 Å². The molecule has 3 N–H and O–H groups in total. The van der Waals surface area contributed by atoms with Gasteiger partial charge >= 0.3 is 0 Å². The lowest BCUT2D eigenvalue weighted by Crippen LogP contribution is -2.48. The first-order valence-corrected chi connectivity index (χ1v) is 7.80. The van der Waals surface area contributed by atoms with Gasteiger partial charge in [0, 0.05) is 19.1 Å². The van der Waals surface area contributed by atoms with Crippen LogP contribution in [0.4, 0.5) is 4.39 Å². The van der Waals surface area contributed by atoms with Gasteiger partial charge in [0.2, 0.25) is 5.91 Å². The van der Waals surface area contributed by atoms with Crippen molar-refractivity contribution in [3.05, 3.63) is 35.6 Å². The van der Waals surface area contributed by atoms with Crippen LogP contribution in [0.15, 0.2) is 29.3 Å². The lowest BCUT2D eigenvalue weighted by Gasteiger charge is -2.21. The Morgan fingerprint density at radius 2 is 2.00 bits per heavy atom. The second kappa shape index (κ2) is 9.12. The maximum atomic E-state index is 13.1. The predicted octanol–water partition coefficient (Wildman–Crippen LogP) is 1.84. The molecule has 0 unspecified atom stereocenters. The van der Waals surface area contributed by atoms with Crippen molar-refractivity contribution in [1.82, 2.24) is 16.0 Å². The third-order valence-corrected chi connectivity index (χ3v) is 2.98. The maximum Gasteiger partial charge on any atom is 0.239 e. The maximum absolute atomic E-state index is 13.1. The van der Waals surface area contributed by atoms with Crippen molar-refractivity contribution in [1.29, 1.82) is 0 Å². The third kappa shape index (κ3) is 8.80. The molecule has 0 saturated heterocycles. The molecule has 1 amide bonds. The number of hydrogen-bond donors (Lipinski definition) is 3. The summed E-state index contributed by atoms with van der Waals surface area (Å²) in [5.41, 5.74) is 0.722. The number of aryl methyl sites for hydroxylation is 1. The van der Waals surface area contributed by atoms with Crippen LogP contribution < -0.4 is 16.0 Å². The van der Waals surface area contributed by atoms with E-state index in [1.165, 1.54) is 6.07 Å². The normalized spacial score (nSPS) is 12.0. The molecule has 0 aromatic heterocycles.